The first kappa shape index (κ1) is 6.53. The molecule has 0 aromatic rings. The van der Waals surface area contributed by atoms with E-state index in [0.717, 1.165) is 0 Å². The van der Waals surface area contributed by atoms with Gasteiger partial charge in [0, 0.05) is 6.42 Å². The molecule has 50 valence electrons. The van der Waals surface area contributed by atoms with Gasteiger partial charge in [0.15, 0.2) is 0 Å². The van der Waals surface area contributed by atoms with Gasteiger partial charge in [-0.1, -0.05) is 18.6 Å². The van der Waals surface area contributed by atoms with Crippen LogP contribution in [-0.2, 0) is 0 Å². The van der Waals surface area contributed by atoms with Gasteiger partial charge in [-0.3, -0.25) is 0 Å². The zero-order valence-corrected chi connectivity index (χ0v) is 5.82. The van der Waals surface area contributed by atoms with Crippen LogP contribution in [-0.4, -0.2) is 0 Å². The lowest BCUT2D eigenvalue weighted by molar-refractivity contribution is 0.521. The molecule has 0 saturated heterocycles. The van der Waals surface area contributed by atoms with Crippen LogP contribution in [0, 0.1) is 5.92 Å². The maximum absolute atomic E-state index is 12.4. The minimum atomic E-state index is 0.00750. The summed E-state index contributed by atoms with van der Waals surface area (Å²) < 4.78 is 12.4. The molecule has 0 aromatic heterocycles. The Balaban J connectivity index is 2.74. The zero-order chi connectivity index (χ0) is 6.85. The number of rotatable bonds is 0. The molecule has 1 rings (SSSR count). The molecule has 0 radical (unpaired) electrons. The van der Waals surface area contributed by atoms with Gasteiger partial charge in [0.25, 0.3) is 0 Å². The number of allylic oxidation sites excluding steroid dienone is 4. The van der Waals surface area contributed by atoms with Gasteiger partial charge < -0.3 is 0 Å². The van der Waals surface area contributed by atoms with Crippen molar-refractivity contribution >= 4 is 0 Å². The Morgan fingerprint density at radius 1 is 1.56 bits per heavy atom. The van der Waals surface area contributed by atoms with Crippen molar-refractivity contribution in [1.82, 2.24) is 0 Å². The molecule has 0 nitrogen and oxygen atoms in total. The number of hydrogen-bond acceptors (Lipinski definition) is 0. The Bertz CT molecular complexity index is 165. The number of halogens is 1. The standard InChI is InChI=1S/C8H11F/c1-6-3-4-8(9)5-7(6)2/h3-4,7H,5H2,1-2H3/t7-/m0/s1. The largest absolute Gasteiger partial charge is 0.212 e. The summed E-state index contributed by atoms with van der Waals surface area (Å²) in [7, 11) is 0. The van der Waals surface area contributed by atoms with E-state index in [9.17, 15) is 4.39 Å². The van der Waals surface area contributed by atoms with Crippen LogP contribution in [0.5, 0.6) is 0 Å². The van der Waals surface area contributed by atoms with Crippen molar-refractivity contribution in [3.8, 4) is 0 Å². The first-order valence-electron chi connectivity index (χ1n) is 3.23. The lowest BCUT2D eigenvalue weighted by Crippen LogP contribution is -1.99. The predicted octanol–water partition coefficient (Wildman–Crippen LogP) is 2.83. The molecule has 0 saturated carbocycles. The monoisotopic (exact) mass is 126 g/mol. The second-order valence-corrected chi connectivity index (χ2v) is 2.63. The van der Waals surface area contributed by atoms with Gasteiger partial charge in [-0.25, -0.2) is 4.39 Å². The Kier molecular flexibility index (Phi) is 1.70. The second kappa shape index (κ2) is 2.34. The third kappa shape index (κ3) is 1.41. The summed E-state index contributed by atoms with van der Waals surface area (Å²) in [6.07, 6.45) is 3.99. The molecule has 0 unspecified atom stereocenters. The van der Waals surface area contributed by atoms with Gasteiger partial charge in [0.05, 0.1) is 0 Å². The molecule has 1 aliphatic rings. The van der Waals surface area contributed by atoms with Crippen molar-refractivity contribution in [2.45, 2.75) is 20.3 Å². The van der Waals surface area contributed by atoms with Gasteiger partial charge in [-0.15, -0.1) is 0 Å². The van der Waals surface area contributed by atoms with Crippen LogP contribution in [0.3, 0.4) is 0 Å². The molecule has 0 aliphatic heterocycles. The second-order valence-electron chi connectivity index (χ2n) is 2.63. The molecule has 1 heteroatoms. The van der Waals surface area contributed by atoms with Crippen molar-refractivity contribution in [2.75, 3.05) is 0 Å². The minimum absolute atomic E-state index is 0.00750. The van der Waals surface area contributed by atoms with Crippen LogP contribution >= 0.6 is 0 Å². The molecule has 1 atom stereocenters. The molecule has 1 aliphatic carbocycles. The van der Waals surface area contributed by atoms with Gasteiger partial charge in [0.1, 0.15) is 5.83 Å². The summed E-state index contributed by atoms with van der Waals surface area (Å²) in [5, 5.41) is 0. The summed E-state index contributed by atoms with van der Waals surface area (Å²) in [6, 6.07) is 0. The van der Waals surface area contributed by atoms with E-state index in [1.807, 2.05) is 19.9 Å². The normalized spacial score (nSPS) is 27.2. The fraction of sp³-hybridized carbons (Fsp3) is 0.500. The maximum Gasteiger partial charge on any atom is 0.100 e. The van der Waals surface area contributed by atoms with Crippen LogP contribution in [0.4, 0.5) is 4.39 Å². The van der Waals surface area contributed by atoms with Crippen LogP contribution in [0.1, 0.15) is 20.3 Å². The van der Waals surface area contributed by atoms with Gasteiger partial charge in [0.2, 0.25) is 0 Å². The van der Waals surface area contributed by atoms with Crippen molar-refractivity contribution in [2.24, 2.45) is 5.92 Å². The SMILES string of the molecule is CC1=CC=C(F)C[C@@H]1C. The lowest BCUT2D eigenvalue weighted by atomic mass is 9.94. The van der Waals surface area contributed by atoms with Crippen LogP contribution in [0.2, 0.25) is 0 Å². The summed E-state index contributed by atoms with van der Waals surface area (Å²) in [6.45, 7) is 4.08. The van der Waals surface area contributed by atoms with Gasteiger partial charge in [-0.2, -0.15) is 0 Å². The average molecular weight is 126 g/mol. The molecule has 9 heavy (non-hydrogen) atoms. The van der Waals surface area contributed by atoms with Crippen molar-refractivity contribution in [3.63, 3.8) is 0 Å². The van der Waals surface area contributed by atoms with E-state index in [1.165, 1.54) is 5.57 Å². The third-order valence-electron chi connectivity index (χ3n) is 1.81. The average Bonchev–Trinajstić information content (AvgIpc) is 1.80. The highest BCUT2D eigenvalue weighted by Gasteiger charge is 2.09. The topological polar surface area (TPSA) is 0 Å². The number of hydrogen-bond donors (Lipinski definition) is 0. The van der Waals surface area contributed by atoms with Crippen LogP contribution in [0.25, 0.3) is 0 Å². The predicted molar refractivity (Wildman–Crippen MR) is 36.7 cm³/mol. The van der Waals surface area contributed by atoms with Crippen molar-refractivity contribution in [1.29, 1.82) is 0 Å². The molecule has 0 heterocycles. The molecular weight excluding hydrogens is 115 g/mol. The summed E-state index contributed by atoms with van der Waals surface area (Å²) >= 11 is 0. The summed E-state index contributed by atoms with van der Waals surface area (Å²) in [4.78, 5) is 0. The fourth-order valence-electron chi connectivity index (χ4n) is 0.908. The molecule has 0 fully saturated rings. The third-order valence-corrected chi connectivity index (χ3v) is 1.81. The lowest BCUT2D eigenvalue weighted by Gasteiger charge is -2.13. The highest BCUT2D eigenvalue weighted by atomic mass is 19.1. The van der Waals surface area contributed by atoms with E-state index in [-0.39, 0.29) is 5.83 Å². The highest BCUT2D eigenvalue weighted by molar-refractivity contribution is 5.21. The highest BCUT2D eigenvalue weighted by Crippen LogP contribution is 2.24. The van der Waals surface area contributed by atoms with Gasteiger partial charge >= 0.3 is 0 Å². The Morgan fingerprint density at radius 3 is 2.67 bits per heavy atom. The Hall–Kier alpha value is -0.590. The van der Waals surface area contributed by atoms with E-state index >= 15 is 0 Å². The quantitative estimate of drug-likeness (QED) is 0.468. The van der Waals surface area contributed by atoms with E-state index in [4.69, 9.17) is 0 Å². The first-order valence-corrected chi connectivity index (χ1v) is 3.23. The van der Waals surface area contributed by atoms with E-state index in [2.05, 4.69) is 0 Å². The maximum atomic E-state index is 12.4. The molecule has 0 spiro atoms. The smallest absolute Gasteiger partial charge is 0.100 e. The van der Waals surface area contributed by atoms with E-state index < -0.39 is 0 Å². The zero-order valence-electron chi connectivity index (χ0n) is 5.82. The Labute approximate surface area is 55.1 Å². The molecule has 0 amide bonds. The van der Waals surface area contributed by atoms with Crippen LogP contribution in [0.15, 0.2) is 23.6 Å². The van der Waals surface area contributed by atoms with Crippen LogP contribution < -0.4 is 0 Å². The van der Waals surface area contributed by atoms with Crippen molar-refractivity contribution < 1.29 is 4.39 Å². The summed E-state index contributed by atoms with van der Waals surface area (Å²) in [5.41, 5.74) is 1.27. The van der Waals surface area contributed by atoms with E-state index in [0.29, 0.717) is 12.3 Å². The molecule has 0 N–H and O–H groups in total. The van der Waals surface area contributed by atoms with Gasteiger partial charge in [-0.05, 0) is 18.9 Å². The Morgan fingerprint density at radius 2 is 2.22 bits per heavy atom. The summed E-state index contributed by atoms with van der Waals surface area (Å²) in [5.74, 6) is 0.406. The molecule has 0 bridgehead atoms. The van der Waals surface area contributed by atoms with E-state index in [1.54, 1.807) is 6.08 Å². The molecular formula is C8H11F. The first-order chi connectivity index (χ1) is 4.20. The fourth-order valence-corrected chi connectivity index (χ4v) is 0.908. The minimum Gasteiger partial charge on any atom is -0.212 e. The van der Waals surface area contributed by atoms with Crippen molar-refractivity contribution in [3.05, 3.63) is 23.6 Å². The molecule has 0 aromatic carbocycles.